The second kappa shape index (κ2) is 6.06. The number of H-pyrrole nitrogens is 1. The van der Waals surface area contributed by atoms with Crippen molar-refractivity contribution in [3.05, 3.63) is 11.4 Å². The lowest BCUT2D eigenvalue weighted by atomic mass is 9.90. The number of aromatic nitrogens is 2. The number of nitrogens with two attached hydrogens (primary N) is 1. The molecule has 0 unspecified atom stereocenters. The second-order valence-electron chi connectivity index (χ2n) is 6.08. The van der Waals surface area contributed by atoms with Crippen molar-refractivity contribution < 1.29 is 8.42 Å². The largest absolute Gasteiger partial charge is 0.329 e. The molecule has 0 saturated heterocycles. The van der Waals surface area contributed by atoms with Gasteiger partial charge >= 0.3 is 0 Å². The van der Waals surface area contributed by atoms with Crippen molar-refractivity contribution in [2.45, 2.75) is 62.8 Å². The van der Waals surface area contributed by atoms with Crippen LogP contribution < -0.4 is 5.73 Å². The zero-order valence-electron chi connectivity index (χ0n) is 13.1. The van der Waals surface area contributed by atoms with E-state index >= 15 is 0 Å². The number of nitrogens with zero attached hydrogens (tertiary/aromatic N) is 2. The minimum atomic E-state index is -3.58. The molecule has 1 fully saturated rings. The van der Waals surface area contributed by atoms with Crippen molar-refractivity contribution in [3.63, 3.8) is 0 Å². The fourth-order valence-electron chi connectivity index (χ4n) is 3.35. The Morgan fingerprint density at radius 2 is 1.81 bits per heavy atom. The molecule has 0 spiro atoms. The maximum Gasteiger partial charge on any atom is 0.247 e. The Morgan fingerprint density at radius 1 is 1.24 bits per heavy atom. The smallest absolute Gasteiger partial charge is 0.247 e. The third kappa shape index (κ3) is 2.86. The molecule has 2 rings (SSSR count). The van der Waals surface area contributed by atoms with Crippen LogP contribution in [0.3, 0.4) is 0 Å². The van der Waals surface area contributed by atoms with Crippen LogP contribution in [0, 0.1) is 13.8 Å². The number of likely N-dealkylation sites (N-methyl/N-ethyl adjacent to an activating group) is 1. The van der Waals surface area contributed by atoms with Gasteiger partial charge in [0, 0.05) is 19.1 Å². The van der Waals surface area contributed by atoms with Crippen molar-refractivity contribution in [2.75, 3.05) is 13.6 Å². The Morgan fingerprint density at radius 3 is 2.24 bits per heavy atom. The summed E-state index contributed by atoms with van der Waals surface area (Å²) < 4.78 is 27.6. The first-order valence-electron chi connectivity index (χ1n) is 7.56. The zero-order chi connectivity index (χ0) is 15.7. The molecule has 6 nitrogen and oxygen atoms in total. The fraction of sp³-hybridized carbons (Fsp3) is 0.786. The molecule has 1 aromatic heterocycles. The minimum absolute atomic E-state index is 0.294. The van der Waals surface area contributed by atoms with E-state index in [1.54, 1.807) is 20.9 Å². The summed E-state index contributed by atoms with van der Waals surface area (Å²) in [5.41, 5.74) is 6.64. The van der Waals surface area contributed by atoms with Gasteiger partial charge in [-0.1, -0.05) is 25.7 Å². The Bertz CT molecular complexity index is 567. The van der Waals surface area contributed by atoms with E-state index in [9.17, 15) is 8.42 Å². The number of rotatable bonds is 4. The quantitative estimate of drug-likeness (QED) is 0.827. The van der Waals surface area contributed by atoms with E-state index in [1.807, 2.05) is 0 Å². The Labute approximate surface area is 127 Å². The monoisotopic (exact) mass is 314 g/mol. The van der Waals surface area contributed by atoms with Gasteiger partial charge in [0.15, 0.2) is 0 Å². The standard InChI is InChI=1S/C14H26N4O2S/c1-11-13(12(2)17-16-11)21(19,20)18(3)14(10-15)8-6-4-5-7-9-14/h4-10,15H2,1-3H3,(H,16,17). The molecule has 1 saturated carbocycles. The fourth-order valence-corrected chi connectivity index (χ4v) is 5.24. The predicted molar refractivity (Wildman–Crippen MR) is 82.5 cm³/mol. The zero-order valence-corrected chi connectivity index (χ0v) is 14.0. The normalized spacial score (nSPS) is 19.7. The summed E-state index contributed by atoms with van der Waals surface area (Å²) in [6.07, 6.45) is 6.02. The van der Waals surface area contributed by atoms with Gasteiger partial charge < -0.3 is 5.73 Å². The first-order chi connectivity index (χ1) is 9.85. The van der Waals surface area contributed by atoms with Gasteiger partial charge in [-0.05, 0) is 26.7 Å². The van der Waals surface area contributed by atoms with Crippen LogP contribution in [-0.2, 0) is 10.0 Å². The highest BCUT2D eigenvalue weighted by Crippen LogP contribution is 2.35. The summed E-state index contributed by atoms with van der Waals surface area (Å²) in [4.78, 5) is 0.294. The number of nitrogens with one attached hydrogen (secondary N) is 1. The lowest BCUT2D eigenvalue weighted by Crippen LogP contribution is -2.54. The van der Waals surface area contributed by atoms with Crippen LogP contribution in [0.15, 0.2) is 4.90 Å². The van der Waals surface area contributed by atoms with Crippen molar-refractivity contribution >= 4 is 10.0 Å². The van der Waals surface area contributed by atoms with E-state index in [0.717, 1.165) is 38.5 Å². The molecule has 0 aliphatic heterocycles. The van der Waals surface area contributed by atoms with Gasteiger partial charge in [0.2, 0.25) is 10.0 Å². The molecular formula is C14H26N4O2S. The summed E-state index contributed by atoms with van der Waals surface area (Å²) in [5, 5.41) is 6.77. The molecule has 21 heavy (non-hydrogen) atoms. The molecular weight excluding hydrogens is 288 g/mol. The average Bonchev–Trinajstić information content (AvgIpc) is 2.68. The first kappa shape index (κ1) is 16.5. The van der Waals surface area contributed by atoms with E-state index < -0.39 is 15.6 Å². The van der Waals surface area contributed by atoms with E-state index in [0.29, 0.717) is 22.8 Å². The molecule has 0 atom stereocenters. The van der Waals surface area contributed by atoms with Gasteiger partial charge in [-0.2, -0.15) is 9.40 Å². The van der Waals surface area contributed by atoms with Crippen LogP contribution in [0.25, 0.3) is 0 Å². The molecule has 0 bridgehead atoms. The van der Waals surface area contributed by atoms with Crippen LogP contribution in [0.4, 0.5) is 0 Å². The third-order valence-electron chi connectivity index (χ3n) is 4.76. The minimum Gasteiger partial charge on any atom is -0.329 e. The van der Waals surface area contributed by atoms with Crippen LogP contribution in [-0.4, -0.2) is 42.1 Å². The third-order valence-corrected chi connectivity index (χ3v) is 6.99. The molecule has 0 aromatic carbocycles. The van der Waals surface area contributed by atoms with Crippen molar-refractivity contribution in [2.24, 2.45) is 5.73 Å². The van der Waals surface area contributed by atoms with Crippen molar-refractivity contribution in [3.8, 4) is 0 Å². The van der Waals surface area contributed by atoms with Crippen LogP contribution in [0.2, 0.25) is 0 Å². The highest BCUT2D eigenvalue weighted by Gasteiger charge is 2.42. The first-order valence-corrected chi connectivity index (χ1v) is 9.00. The number of hydrogen-bond acceptors (Lipinski definition) is 4. The Hall–Kier alpha value is -0.920. The predicted octanol–water partition coefficient (Wildman–Crippen LogP) is 1.70. The highest BCUT2D eigenvalue weighted by atomic mass is 32.2. The number of hydrogen-bond donors (Lipinski definition) is 2. The topological polar surface area (TPSA) is 92.1 Å². The van der Waals surface area contributed by atoms with Gasteiger partial charge in [-0.15, -0.1) is 0 Å². The van der Waals surface area contributed by atoms with Crippen molar-refractivity contribution in [1.82, 2.24) is 14.5 Å². The average molecular weight is 314 g/mol. The SMILES string of the molecule is Cc1n[nH]c(C)c1S(=O)(=O)N(C)C1(CN)CCCCCC1. The second-order valence-corrected chi connectivity index (χ2v) is 7.98. The summed E-state index contributed by atoms with van der Waals surface area (Å²) in [6, 6.07) is 0. The van der Waals surface area contributed by atoms with Gasteiger partial charge in [0.1, 0.15) is 4.90 Å². The summed E-state index contributed by atoms with van der Waals surface area (Å²) in [6.45, 7) is 3.81. The highest BCUT2D eigenvalue weighted by molar-refractivity contribution is 7.89. The molecule has 7 heteroatoms. The van der Waals surface area contributed by atoms with Gasteiger partial charge in [-0.25, -0.2) is 8.42 Å². The molecule has 0 amide bonds. The van der Waals surface area contributed by atoms with Gasteiger partial charge in [0.25, 0.3) is 0 Å². The maximum absolute atomic E-state index is 13.0. The Kier molecular flexibility index (Phi) is 4.75. The van der Waals surface area contributed by atoms with E-state index in [1.165, 1.54) is 4.31 Å². The van der Waals surface area contributed by atoms with Gasteiger partial charge in [-0.3, -0.25) is 5.10 Å². The summed E-state index contributed by atoms with van der Waals surface area (Å²) >= 11 is 0. The van der Waals surface area contributed by atoms with E-state index in [-0.39, 0.29) is 0 Å². The number of aryl methyl sites for hydroxylation is 2. The lowest BCUT2D eigenvalue weighted by Gasteiger charge is -2.39. The maximum atomic E-state index is 13.0. The van der Waals surface area contributed by atoms with Crippen LogP contribution in [0.1, 0.15) is 49.9 Å². The van der Waals surface area contributed by atoms with Crippen LogP contribution >= 0.6 is 0 Å². The van der Waals surface area contributed by atoms with Crippen LogP contribution in [0.5, 0.6) is 0 Å². The van der Waals surface area contributed by atoms with E-state index in [4.69, 9.17) is 5.73 Å². The molecule has 1 aliphatic carbocycles. The number of sulfonamides is 1. The lowest BCUT2D eigenvalue weighted by molar-refractivity contribution is 0.196. The molecule has 1 heterocycles. The molecule has 120 valence electrons. The summed E-state index contributed by atoms with van der Waals surface area (Å²) in [5.74, 6) is 0. The van der Waals surface area contributed by atoms with Crippen molar-refractivity contribution in [1.29, 1.82) is 0 Å². The molecule has 1 aliphatic rings. The molecule has 1 aromatic rings. The van der Waals surface area contributed by atoms with E-state index in [2.05, 4.69) is 10.2 Å². The summed E-state index contributed by atoms with van der Waals surface area (Å²) in [7, 11) is -1.92. The molecule has 3 N–H and O–H groups in total. The molecule has 0 radical (unpaired) electrons. The Balaban J connectivity index is 2.43. The van der Waals surface area contributed by atoms with Gasteiger partial charge in [0.05, 0.1) is 11.4 Å². The number of aromatic amines is 1.